The van der Waals surface area contributed by atoms with Crippen molar-refractivity contribution in [2.75, 3.05) is 32.7 Å². The van der Waals surface area contributed by atoms with Gasteiger partial charge in [0.05, 0.1) is 6.33 Å². The first-order valence-electron chi connectivity index (χ1n) is 10.8. The standard InChI is InChI=1S/C25H24N4O3/c30-22(28-15-13-27(14-16-28)12-6-9-19-7-2-1-3-8-19)17-29-18-26-23-20-10-4-5-11-21(20)32-24(23)25(29)31/h1-11,18H,12-17H2/b9-6+. The van der Waals surface area contributed by atoms with Crippen LogP contribution in [0.15, 0.2) is 76.2 Å². The van der Waals surface area contributed by atoms with Crippen LogP contribution in [0.2, 0.25) is 0 Å². The van der Waals surface area contributed by atoms with Gasteiger partial charge in [0, 0.05) is 38.1 Å². The quantitative estimate of drug-likeness (QED) is 0.489. The fourth-order valence-corrected chi connectivity index (χ4v) is 4.06. The third-order valence-electron chi connectivity index (χ3n) is 5.85. The van der Waals surface area contributed by atoms with Gasteiger partial charge >= 0.3 is 0 Å². The topological polar surface area (TPSA) is 71.6 Å². The number of rotatable bonds is 5. The molecule has 0 bridgehead atoms. The minimum Gasteiger partial charge on any atom is -0.448 e. The monoisotopic (exact) mass is 428 g/mol. The van der Waals surface area contributed by atoms with Crippen molar-refractivity contribution in [1.82, 2.24) is 19.4 Å². The van der Waals surface area contributed by atoms with E-state index in [2.05, 4.69) is 34.2 Å². The number of para-hydroxylation sites is 1. The Balaban J connectivity index is 1.20. The Morgan fingerprint density at radius 1 is 1.00 bits per heavy atom. The summed E-state index contributed by atoms with van der Waals surface area (Å²) in [7, 11) is 0. The fourth-order valence-electron chi connectivity index (χ4n) is 4.06. The van der Waals surface area contributed by atoms with E-state index in [9.17, 15) is 9.59 Å². The van der Waals surface area contributed by atoms with Crippen LogP contribution in [0.4, 0.5) is 0 Å². The van der Waals surface area contributed by atoms with Crippen molar-refractivity contribution in [2.45, 2.75) is 6.54 Å². The van der Waals surface area contributed by atoms with E-state index in [4.69, 9.17) is 4.42 Å². The Kier molecular flexibility index (Phi) is 5.56. The summed E-state index contributed by atoms with van der Waals surface area (Å²) in [5.74, 6) is -0.0798. The van der Waals surface area contributed by atoms with Gasteiger partial charge in [-0.25, -0.2) is 4.98 Å². The Hall–Kier alpha value is -3.71. The van der Waals surface area contributed by atoms with Gasteiger partial charge in [0.1, 0.15) is 17.6 Å². The van der Waals surface area contributed by atoms with Crippen molar-refractivity contribution in [2.24, 2.45) is 0 Å². The first kappa shape index (κ1) is 20.2. The molecule has 32 heavy (non-hydrogen) atoms. The molecule has 2 aromatic carbocycles. The van der Waals surface area contributed by atoms with E-state index in [0.717, 1.165) is 25.0 Å². The molecule has 7 heteroatoms. The van der Waals surface area contributed by atoms with Crippen molar-refractivity contribution >= 4 is 34.1 Å². The number of benzene rings is 2. The van der Waals surface area contributed by atoms with E-state index in [1.54, 1.807) is 6.07 Å². The lowest BCUT2D eigenvalue weighted by molar-refractivity contribution is -0.133. The summed E-state index contributed by atoms with van der Waals surface area (Å²) in [6, 6.07) is 17.6. The van der Waals surface area contributed by atoms with Gasteiger partial charge in [0.25, 0.3) is 5.56 Å². The summed E-state index contributed by atoms with van der Waals surface area (Å²) in [5.41, 5.74) is 2.20. The van der Waals surface area contributed by atoms with Gasteiger partial charge in [-0.1, -0.05) is 54.6 Å². The molecule has 0 atom stereocenters. The molecule has 0 aliphatic carbocycles. The molecule has 0 saturated carbocycles. The zero-order valence-corrected chi connectivity index (χ0v) is 17.7. The van der Waals surface area contributed by atoms with Crippen LogP contribution in [0.3, 0.4) is 0 Å². The second-order valence-electron chi connectivity index (χ2n) is 7.95. The minimum absolute atomic E-state index is 0.0350. The molecule has 1 amide bonds. The number of hydrogen-bond donors (Lipinski definition) is 0. The normalized spacial score (nSPS) is 15.2. The van der Waals surface area contributed by atoms with Crippen molar-refractivity contribution in [3.8, 4) is 0 Å². The number of carbonyl (C=O) groups excluding carboxylic acids is 1. The third-order valence-corrected chi connectivity index (χ3v) is 5.85. The highest BCUT2D eigenvalue weighted by molar-refractivity contribution is 6.01. The maximum atomic E-state index is 12.8. The Morgan fingerprint density at radius 3 is 2.56 bits per heavy atom. The highest BCUT2D eigenvalue weighted by Gasteiger charge is 2.22. The molecule has 1 aliphatic rings. The lowest BCUT2D eigenvalue weighted by Crippen LogP contribution is -2.49. The molecule has 4 aromatic rings. The molecule has 1 saturated heterocycles. The second kappa shape index (κ2) is 8.80. The number of nitrogens with zero attached hydrogens (tertiary/aromatic N) is 4. The van der Waals surface area contributed by atoms with Gasteiger partial charge in [0.2, 0.25) is 11.5 Å². The Morgan fingerprint density at radius 2 is 1.75 bits per heavy atom. The number of aromatic nitrogens is 2. The molecular weight excluding hydrogens is 404 g/mol. The third kappa shape index (κ3) is 4.07. The van der Waals surface area contributed by atoms with Gasteiger partial charge in [-0.2, -0.15) is 0 Å². The molecule has 0 spiro atoms. The molecule has 1 fully saturated rings. The molecule has 3 heterocycles. The van der Waals surface area contributed by atoms with Crippen LogP contribution in [0.1, 0.15) is 5.56 Å². The van der Waals surface area contributed by atoms with Gasteiger partial charge in [-0.15, -0.1) is 0 Å². The van der Waals surface area contributed by atoms with Crippen LogP contribution in [-0.2, 0) is 11.3 Å². The zero-order valence-electron chi connectivity index (χ0n) is 17.7. The highest BCUT2D eigenvalue weighted by Crippen LogP contribution is 2.24. The largest absolute Gasteiger partial charge is 0.448 e. The molecular formula is C25H24N4O3. The first-order valence-corrected chi connectivity index (χ1v) is 10.8. The van der Waals surface area contributed by atoms with Crippen molar-refractivity contribution in [3.63, 3.8) is 0 Å². The SMILES string of the molecule is O=C(Cn1cnc2c(oc3ccccc32)c1=O)N1CCN(C/C=C/c2ccccc2)CC1. The maximum absolute atomic E-state index is 12.8. The summed E-state index contributed by atoms with van der Waals surface area (Å²) in [5, 5.41) is 0.801. The summed E-state index contributed by atoms with van der Waals surface area (Å²) in [6.45, 7) is 3.72. The van der Waals surface area contributed by atoms with Crippen LogP contribution >= 0.6 is 0 Å². The van der Waals surface area contributed by atoms with E-state index in [1.165, 1.54) is 16.5 Å². The Bertz CT molecular complexity index is 1330. The van der Waals surface area contributed by atoms with Crippen LogP contribution in [0, 0.1) is 0 Å². The highest BCUT2D eigenvalue weighted by atomic mass is 16.3. The average Bonchev–Trinajstić information content (AvgIpc) is 3.21. The number of fused-ring (bicyclic) bond motifs is 3. The van der Waals surface area contributed by atoms with Crippen LogP contribution in [-0.4, -0.2) is 58.0 Å². The van der Waals surface area contributed by atoms with Crippen LogP contribution < -0.4 is 5.56 Å². The predicted octanol–water partition coefficient (Wildman–Crippen LogP) is 3.00. The van der Waals surface area contributed by atoms with E-state index >= 15 is 0 Å². The van der Waals surface area contributed by atoms with E-state index in [0.29, 0.717) is 24.2 Å². The summed E-state index contributed by atoms with van der Waals surface area (Å²) >= 11 is 0. The molecule has 0 unspecified atom stereocenters. The molecule has 0 radical (unpaired) electrons. The molecule has 1 aliphatic heterocycles. The zero-order chi connectivity index (χ0) is 21.9. The number of piperazine rings is 1. The predicted molar refractivity (Wildman–Crippen MR) is 124 cm³/mol. The molecule has 162 valence electrons. The lowest BCUT2D eigenvalue weighted by Gasteiger charge is -2.34. The van der Waals surface area contributed by atoms with Crippen molar-refractivity contribution in [1.29, 1.82) is 0 Å². The number of carbonyl (C=O) groups is 1. The minimum atomic E-state index is -0.329. The molecule has 2 aromatic heterocycles. The maximum Gasteiger partial charge on any atom is 0.297 e. The lowest BCUT2D eigenvalue weighted by atomic mass is 10.2. The number of hydrogen-bond acceptors (Lipinski definition) is 5. The summed E-state index contributed by atoms with van der Waals surface area (Å²) in [4.78, 5) is 34.2. The molecule has 0 N–H and O–H groups in total. The fraction of sp³-hybridized carbons (Fsp3) is 0.240. The van der Waals surface area contributed by atoms with E-state index in [-0.39, 0.29) is 23.6 Å². The van der Waals surface area contributed by atoms with Crippen LogP contribution in [0.25, 0.3) is 28.1 Å². The molecule has 5 rings (SSSR count). The van der Waals surface area contributed by atoms with E-state index < -0.39 is 0 Å². The summed E-state index contributed by atoms with van der Waals surface area (Å²) < 4.78 is 7.04. The van der Waals surface area contributed by atoms with Crippen molar-refractivity contribution in [3.05, 3.63) is 82.9 Å². The van der Waals surface area contributed by atoms with Crippen LogP contribution in [0.5, 0.6) is 0 Å². The van der Waals surface area contributed by atoms with Gasteiger partial charge in [-0.3, -0.25) is 19.1 Å². The van der Waals surface area contributed by atoms with E-state index in [1.807, 2.05) is 41.3 Å². The second-order valence-corrected chi connectivity index (χ2v) is 7.95. The molecule has 7 nitrogen and oxygen atoms in total. The first-order chi connectivity index (χ1) is 15.7. The smallest absolute Gasteiger partial charge is 0.297 e. The number of furan rings is 1. The van der Waals surface area contributed by atoms with Gasteiger partial charge in [0.15, 0.2) is 0 Å². The average molecular weight is 428 g/mol. The summed E-state index contributed by atoms with van der Waals surface area (Å²) in [6.07, 6.45) is 5.71. The van der Waals surface area contributed by atoms with Gasteiger partial charge < -0.3 is 9.32 Å². The number of amides is 1. The van der Waals surface area contributed by atoms with Crippen molar-refractivity contribution < 1.29 is 9.21 Å². The van der Waals surface area contributed by atoms with Gasteiger partial charge in [-0.05, 0) is 17.7 Å². The Labute approximate surface area is 185 Å².